The van der Waals surface area contributed by atoms with Gasteiger partial charge >= 0.3 is 0 Å². The molecule has 3 aromatic rings. The number of fused-ring (bicyclic) bond motifs is 2. The molecule has 5 rings (SSSR count). The number of hydrogen-bond donors (Lipinski definition) is 1. The van der Waals surface area contributed by atoms with E-state index >= 15 is 0 Å². The van der Waals surface area contributed by atoms with Crippen molar-refractivity contribution >= 4 is 39.5 Å². The number of piperazine rings is 1. The Morgan fingerprint density at radius 3 is 2.70 bits per heavy atom. The molecule has 1 unspecified atom stereocenters. The summed E-state index contributed by atoms with van der Waals surface area (Å²) in [6.07, 6.45) is 2.45. The minimum atomic E-state index is -0.385. The van der Waals surface area contributed by atoms with Crippen LogP contribution in [0.2, 0.25) is 0 Å². The molecular formula is C25H27N3O5. The van der Waals surface area contributed by atoms with Gasteiger partial charge < -0.3 is 14.1 Å². The fraction of sp³-hybridized carbons (Fsp3) is 0.400. The summed E-state index contributed by atoms with van der Waals surface area (Å²) >= 11 is 0. The number of ether oxygens (including phenoxy) is 1. The van der Waals surface area contributed by atoms with Crippen molar-refractivity contribution in [2.24, 2.45) is 0 Å². The van der Waals surface area contributed by atoms with Gasteiger partial charge in [0.2, 0.25) is 17.7 Å². The monoisotopic (exact) mass is 449 g/mol. The zero-order valence-corrected chi connectivity index (χ0v) is 18.6. The summed E-state index contributed by atoms with van der Waals surface area (Å²) in [6, 6.07) is 9.96. The van der Waals surface area contributed by atoms with Crippen molar-refractivity contribution in [2.45, 2.75) is 25.7 Å². The third-order valence-corrected chi connectivity index (χ3v) is 6.64. The van der Waals surface area contributed by atoms with Gasteiger partial charge in [0.05, 0.1) is 12.2 Å². The Bertz CT molecular complexity index is 1230. The first-order chi connectivity index (χ1) is 16.0. The van der Waals surface area contributed by atoms with Crippen molar-refractivity contribution in [2.75, 3.05) is 39.3 Å². The third kappa shape index (κ3) is 4.43. The molecule has 33 heavy (non-hydrogen) atoms. The van der Waals surface area contributed by atoms with E-state index in [0.717, 1.165) is 65.8 Å². The first-order valence-electron chi connectivity index (χ1n) is 11.4. The number of hydrogen-bond acceptors (Lipinski definition) is 6. The van der Waals surface area contributed by atoms with Gasteiger partial charge in [0.15, 0.2) is 0 Å². The molecule has 2 fully saturated rings. The number of piperidine rings is 1. The lowest BCUT2D eigenvalue weighted by atomic mass is 9.90. The fourth-order valence-electron chi connectivity index (χ4n) is 4.70. The maximum Gasteiger partial charge on any atom is 0.234 e. The molecule has 1 aromatic heterocycles. The minimum absolute atomic E-state index is 0.134. The highest BCUT2D eigenvalue weighted by atomic mass is 16.5. The predicted molar refractivity (Wildman–Crippen MR) is 123 cm³/mol. The molecule has 0 aliphatic carbocycles. The van der Waals surface area contributed by atoms with Crippen LogP contribution in [-0.2, 0) is 14.4 Å². The summed E-state index contributed by atoms with van der Waals surface area (Å²) in [4.78, 5) is 39.5. The van der Waals surface area contributed by atoms with Crippen molar-refractivity contribution in [3.63, 3.8) is 0 Å². The van der Waals surface area contributed by atoms with Gasteiger partial charge in [-0.3, -0.25) is 24.6 Å². The second-order valence-corrected chi connectivity index (χ2v) is 8.75. The SMILES string of the molecule is CC(=O)N1CCN(CCOc2ccc3cc4occ(C5CCC(=O)NC5=O)c4cc3c2)CC1. The molecule has 172 valence electrons. The first kappa shape index (κ1) is 21.5. The quantitative estimate of drug-likeness (QED) is 0.602. The van der Waals surface area contributed by atoms with Gasteiger partial charge in [-0.1, -0.05) is 6.07 Å². The summed E-state index contributed by atoms with van der Waals surface area (Å²) in [7, 11) is 0. The van der Waals surface area contributed by atoms with Gasteiger partial charge in [-0.25, -0.2) is 0 Å². The second-order valence-electron chi connectivity index (χ2n) is 8.75. The number of imide groups is 1. The molecular weight excluding hydrogens is 422 g/mol. The third-order valence-electron chi connectivity index (χ3n) is 6.64. The zero-order chi connectivity index (χ0) is 22.9. The smallest absolute Gasteiger partial charge is 0.234 e. The lowest BCUT2D eigenvalue weighted by Crippen LogP contribution is -2.48. The van der Waals surface area contributed by atoms with Crippen LogP contribution in [0.15, 0.2) is 41.0 Å². The summed E-state index contributed by atoms with van der Waals surface area (Å²) in [5.74, 6) is 0.0430. The van der Waals surface area contributed by atoms with Crippen molar-refractivity contribution < 1.29 is 23.5 Å². The van der Waals surface area contributed by atoms with Crippen LogP contribution in [0.25, 0.3) is 21.7 Å². The maximum atomic E-state index is 12.3. The van der Waals surface area contributed by atoms with E-state index in [1.54, 1.807) is 13.2 Å². The molecule has 2 aliphatic heterocycles. The average molecular weight is 450 g/mol. The summed E-state index contributed by atoms with van der Waals surface area (Å²) in [5, 5.41) is 5.34. The second kappa shape index (κ2) is 8.86. The number of nitrogens with one attached hydrogen (secondary N) is 1. The molecule has 1 N–H and O–H groups in total. The van der Waals surface area contributed by atoms with E-state index in [2.05, 4.69) is 10.2 Å². The Morgan fingerprint density at radius 1 is 1.12 bits per heavy atom. The molecule has 8 nitrogen and oxygen atoms in total. The number of carbonyl (C=O) groups excluding carboxylic acids is 3. The van der Waals surface area contributed by atoms with Crippen LogP contribution in [0.4, 0.5) is 0 Å². The molecule has 2 aliphatic rings. The summed E-state index contributed by atoms with van der Waals surface area (Å²) in [6.45, 7) is 6.25. The molecule has 1 atom stereocenters. The highest BCUT2D eigenvalue weighted by Crippen LogP contribution is 2.35. The predicted octanol–water partition coefficient (Wildman–Crippen LogP) is 2.65. The number of nitrogens with zero attached hydrogens (tertiary/aromatic N) is 2. The molecule has 0 bridgehead atoms. The van der Waals surface area contributed by atoms with Gasteiger partial charge in [-0.15, -0.1) is 0 Å². The van der Waals surface area contributed by atoms with E-state index in [1.165, 1.54) is 0 Å². The van der Waals surface area contributed by atoms with Crippen LogP contribution < -0.4 is 10.1 Å². The molecule has 0 radical (unpaired) electrons. The van der Waals surface area contributed by atoms with Crippen LogP contribution >= 0.6 is 0 Å². The van der Waals surface area contributed by atoms with Crippen molar-refractivity contribution in [1.29, 1.82) is 0 Å². The Balaban J connectivity index is 1.28. The largest absolute Gasteiger partial charge is 0.492 e. The Hall–Kier alpha value is -3.39. The fourth-order valence-corrected chi connectivity index (χ4v) is 4.70. The van der Waals surface area contributed by atoms with Crippen molar-refractivity contribution in [3.05, 3.63) is 42.2 Å². The first-order valence-corrected chi connectivity index (χ1v) is 11.4. The van der Waals surface area contributed by atoms with Crippen molar-refractivity contribution in [3.8, 4) is 5.75 Å². The van der Waals surface area contributed by atoms with Crippen molar-refractivity contribution in [1.82, 2.24) is 15.1 Å². The van der Waals surface area contributed by atoms with E-state index in [9.17, 15) is 14.4 Å². The zero-order valence-electron chi connectivity index (χ0n) is 18.6. The normalized spacial score (nSPS) is 19.8. The van der Waals surface area contributed by atoms with Crippen LogP contribution in [-0.4, -0.2) is 66.9 Å². The van der Waals surface area contributed by atoms with Gasteiger partial charge in [-0.05, 0) is 41.5 Å². The molecule has 0 saturated carbocycles. The number of rotatable bonds is 5. The Morgan fingerprint density at radius 2 is 1.94 bits per heavy atom. The standard InChI is InChI=1S/C25H27N3O5/c1-16(29)28-8-6-27(7-9-28)10-11-32-19-3-2-17-14-23-21(13-18(17)12-19)22(15-33-23)20-4-5-24(30)26-25(20)31/h2-3,12-15,20H,4-11H2,1H3,(H,26,30,31). The van der Waals surface area contributed by atoms with Gasteiger partial charge in [0.1, 0.15) is 17.9 Å². The molecule has 8 heteroatoms. The van der Waals surface area contributed by atoms with E-state index in [0.29, 0.717) is 19.4 Å². The molecule has 2 aromatic carbocycles. The average Bonchev–Trinajstić information content (AvgIpc) is 3.20. The highest BCUT2D eigenvalue weighted by Gasteiger charge is 2.30. The lowest BCUT2D eigenvalue weighted by Gasteiger charge is -2.34. The number of carbonyl (C=O) groups is 3. The van der Waals surface area contributed by atoms with Gasteiger partial charge in [0, 0.05) is 57.0 Å². The van der Waals surface area contributed by atoms with E-state index < -0.39 is 0 Å². The maximum absolute atomic E-state index is 12.3. The summed E-state index contributed by atoms with van der Waals surface area (Å²) in [5.41, 5.74) is 1.54. The van der Waals surface area contributed by atoms with Crippen LogP contribution in [0.5, 0.6) is 5.75 Å². The molecule has 3 amide bonds. The Labute approximate surface area is 191 Å². The molecule has 3 heterocycles. The van der Waals surface area contributed by atoms with E-state index in [1.807, 2.05) is 35.2 Å². The lowest BCUT2D eigenvalue weighted by molar-refractivity contribution is -0.134. The van der Waals surface area contributed by atoms with E-state index in [-0.39, 0.29) is 23.6 Å². The van der Waals surface area contributed by atoms with Crippen LogP contribution in [0.3, 0.4) is 0 Å². The topological polar surface area (TPSA) is 92.1 Å². The molecule has 0 spiro atoms. The van der Waals surface area contributed by atoms with Crippen LogP contribution in [0, 0.1) is 0 Å². The van der Waals surface area contributed by atoms with Gasteiger partial charge in [-0.2, -0.15) is 0 Å². The summed E-state index contributed by atoms with van der Waals surface area (Å²) < 4.78 is 11.8. The number of benzene rings is 2. The number of furan rings is 1. The molecule has 2 saturated heterocycles. The highest BCUT2D eigenvalue weighted by molar-refractivity contribution is 6.04. The Kier molecular flexibility index (Phi) is 5.76. The van der Waals surface area contributed by atoms with Gasteiger partial charge in [0.25, 0.3) is 0 Å². The number of amides is 3. The van der Waals surface area contributed by atoms with Crippen LogP contribution in [0.1, 0.15) is 31.2 Å². The minimum Gasteiger partial charge on any atom is -0.492 e. The van der Waals surface area contributed by atoms with E-state index in [4.69, 9.17) is 9.15 Å².